The molecule has 0 aliphatic carbocycles. The minimum absolute atomic E-state index is 0.0290. The summed E-state index contributed by atoms with van der Waals surface area (Å²) >= 11 is 0. The van der Waals surface area contributed by atoms with Gasteiger partial charge in [-0.3, -0.25) is 47.9 Å². The molecular weight excluding hydrogens is 1180 g/mol. The lowest BCUT2D eigenvalue weighted by Crippen LogP contribution is -2.61. The molecule has 494 valence electrons. The number of anilines is 2. The first kappa shape index (κ1) is 68.1. The molecule has 0 bridgehead atoms. The zero-order valence-electron chi connectivity index (χ0n) is 54.6. The number of oxazole rings is 1. The maximum atomic E-state index is 15.5. The van der Waals surface area contributed by atoms with E-state index in [0.29, 0.717) is 36.8 Å². The molecule has 91 heavy (non-hydrogen) atoms. The van der Waals surface area contributed by atoms with Gasteiger partial charge < -0.3 is 74.6 Å². The molecule has 10 amide bonds. The second-order valence-corrected chi connectivity index (χ2v) is 25.9. The van der Waals surface area contributed by atoms with Gasteiger partial charge in [0.1, 0.15) is 66.1 Å². The Hall–Kier alpha value is -8.85. The third kappa shape index (κ3) is 13.5. The molecule has 28 nitrogen and oxygen atoms in total. The van der Waals surface area contributed by atoms with E-state index in [9.17, 15) is 43.2 Å². The van der Waals surface area contributed by atoms with Crippen molar-refractivity contribution in [3.05, 3.63) is 40.8 Å². The van der Waals surface area contributed by atoms with Gasteiger partial charge in [-0.1, -0.05) is 61.5 Å². The number of aromatic nitrogens is 1. The van der Waals surface area contributed by atoms with Crippen LogP contribution in [-0.4, -0.2) is 220 Å². The normalized spacial score (nSPS) is 26.3. The summed E-state index contributed by atoms with van der Waals surface area (Å²) < 4.78 is 24.5. The minimum atomic E-state index is -1.78. The molecular formula is C63H86N12O16. The van der Waals surface area contributed by atoms with E-state index < -0.39 is 168 Å². The molecule has 0 radical (unpaired) electrons. The standard InChI is InChI=1S/C63H86N12O16/c1-28(2)42-60(84)74-23-17-19-37(74)58(82)70(13)25-39(76)72(15)49(30(5)6)62(86)89-34(11)44(56(80)66-42)68-54(78)36-22-21-32(9)51-46(36)65-48-41(47-52(88-27-64-47)33(10)53(48)91-51)55(79)69-45-35(12)90-63(87)50(31(7)8)73(16)40(77)26-71(14)59(83)38-20-18-24-75(38)61(85)43(29(3)4)67-57(45)81/h21-22,27-31,34-35,37-38,42-45,49-50,65H,17-20,23-26H2,1-16H3,(H,66,80)(H,67,81)(H,68,78)(H,69,79). The SMILES string of the molecule is Cc1ccc(C(=O)NC2C(=O)NC(C(C)C)C(=O)N3CCCC3C(=O)N(C)CC(=O)N(C)C(C(C)C)C(=O)OC2C)c2c1Oc1c(c(C(=O)NC3C(=O)NC(C(C)C)C(=O)N4CCCC4C(=O)N(C)CC(=O)N(C)C(C(C)C)C(=O)OC3C)c3ncoc3c1C)N2. The number of carbonyl (C=O) groups excluding carboxylic acids is 12. The summed E-state index contributed by atoms with van der Waals surface area (Å²) in [6.07, 6.45) is -0.371. The highest BCUT2D eigenvalue weighted by Crippen LogP contribution is 2.51. The number of nitrogens with zero attached hydrogens (tertiary/aromatic N) is 7. The number of benzene rings is 2. The molecule has 4 fully saturated rings. The van der Waals surface area contributed by atoms with Crippen LogP contribution in [0, 0.1) is 37.5 Å². The number of ether oxygens (including phenoxy) is 3. The van der Waals surface area contributed by atoms with Gasteiger partial charge in [-0.25, -0.2) is 14.6 Å². The number of fused-ring (bicyclic) bond motifs is 5. The van der Waals surface area contributed by atoms with Crippen LogP contribution >= 0.6 is 0 Å². The highest BCUT2D eigenvalue weighted by Gasteiger charge is 2.47. The molecule has 10 unspecified atom stereocenters. The Kier molecular flexibility index (Phi) is 20.4. The fourth-order valence-corrected chi connectivity index (χ4v) is 12.7. The van der Waals surface area contributed by atoms with E-state index in [0.717, 1.165) is 16.2 Å². The minimum Gasteiger partial charge on any atom is -0.458 e. The summed E-state index contributed by atoms with van der Waals surface area (Å²) in [7, 11) is 5.67. The summed E-state index contributed by atoms with van der Waals surface area (Å²) in [6, 6.07) is -7.40. The lowest BCUT2D eigenvalue weighted by molar-refractivity contribution is -0.163. The Morgan fingerprint density at radius 1 is 0.593 bits per heavy atom. The Morgan fingerprint density at radius 2 is 1.04 bits per heavy atom. The Balaban J connectivity index is 1.17. The summed E-state index contributed by atoms with van der Waals surface area (Å²) in [6.45, 7) is 19.1. The number of esters is 2. The summed E-state index contributed by atoms with van der Waals surface area (Å²) in [5, 5.41) is 14.3. The van der Waals surface area contributed by atoms with Crippen molar-refractivity contribution in [2.45, 2.75) is 169 Å². The van der Waals surface area contributed by atoms with E-state index in [1.54, 1.807) is 75.3 Å². The van der Waals surface area contributed by atoms with Crippen LogP contribution in [0.1, 0.15) is 127 Å². The lowest BCUT2D eigenvalue weighted by atomic mass is 9.98. The van der Waals surface area contributed by atoms with Crippen LogP contribution in [0.3, 0.4) is 0 Å². The monoisotopic (exact) mass is 1270 g/mol. The van der Waals surface area contributed by atoms with Crippen LogP contribution in [-0.2, 0) is 57.4 Å². The van der Waals surface area contributed by atoms with Gasteiger partial charge in [0.25, 0.3) is 11.8 Å². The number of carbonyl (C=O) groups is 12. The zero-order chi connectivity index (χ0) is 67.1. The quantitative estimate of drug-likeness (QED) is 0.158. The van der Waals surface area contributed by atoms with E-state index in [1.165, 1.54) is 67.7 Å². The van der Waals surface area contributed by atoms with Crippen molar-refractivity contribution in [2.24, 2.45) is 23.7 Å². The Bertz CT molecular complexity index is 3430. The van der Waals surface area contributed by atoms with Gasteiger partial charge in [0.05, 0.1) is 35.6 Å². The number of likely N-dealkylation sites (N-methyl/N-ethyl adjacent to an activating group) is 4. The van der Waals surface area contributed by atoms with Crippen LogP contribution in [0.5, 0.6) is 11.5 Å². The Morgan fingerprint density at radius 3 is 1.48 bits per heavy atom. The molecule has 1 aromatic heterocycles. The topological polar surface area (TPSA) is 338 Å². The summed E-state index contributed by atoms with van der Waals surface area (Å²) in [5.74, 6) is -11.2. The van der Waals surface area contributed by atoms with Crippen LogP contribution in [0.25, 0.3) is 11.1 Å². The summed E-state index contributed by atoms with van der Waals surface area (Å²) in [4.78, 5) is 186. The van der Waals surface area contributed by atoms with Gasteiger partial charge in [-0.2, -0.15) is 0 Å². The third-order valence-electron chi connectivity index (χ3n) is 17.9. The van der Waals surface area contributed by atoms with Gasteiger partial charge in [-0.05, 0) is 88.7 Å². The molecule has 8 rings (SSSR count). The predicted octanol–water partition coefficient (Wildman–Crippen LogP) is 2.53. The van der Waals surface area contributed by atoms with Crippen LogP contribution in [0.2, 0.25) is 0 Å². The highest BCUT2D eigenvalue weighted by atomic mass is 16.6. The fraction of sp³-hybridized carbons (Fsp3) is 0.603. The van der Waals surface area contributed by atoms with Gasteiger partial charge in [0.15, 0.2) is 23.5 Å². The molecule has 5 N–H and O–H groups in total. The largest absolute Gasteiger partial charge is 0.458 e. The van der Waals surface area contributed by atoms with E-state index >= 15 is 14.4 Å². The molecule has 5 aliphatic rings. The number of rotatable bonds is 8. The molecule has 6 heterocycles. The third-order valence-corrected chi connectivity index (χ3v) is 17.9. The van der Waals surface area contributed by atoms with E-state index in [2.05, 4.69) is 31.6 Å². The summed E-state index contributed by atoms with van der Waals surface area (Å²) in [5.41, 5.74) is 0.286. The van der Waals surface area contributed by atoms with Crippen molar-refractivity contribution in [1.29, 1.82) is 0 Å². The van der Waals surface area contributed by atoms with E-state index in [-0.39, 0.29) is 58.2 Å². The van der Waals surface area contributed by atoms with Crippen molar-refractivity contribution in [3.63, 3.8) is 0 Å². The van der Waals surface area contributed by atoms with Crippen molar-refractivity contribution >= 4 is 93.5 Å². The molecule has 5 aliphatic heterocycles. The molecule has 0 saturated carbocycles. The lowest BCUT2D eigenvalue weighted by Gasteiger charge is -2.36. The average Bonchev–Trinajstić information content (AvgIpc) is 1.68. The molecule has 0 spiro atoms. The van der Waals surface area contributed by atoms with E-state index in [4.69, 9.17) is 18.6 Å². The van der Waals surface area contributed by atoms with Crippen LogP contribution < -0.4 is 31.3 Å². The molecule has 2 aromatic carbocycles. The van der Waals surface area contributed by atoms with Crippen molar-refractivity contribution in [1.82, 2.24) is 55.7 Å². The van der Waals surface area contributed by atoms with E-state index in [1.807, 2.05) is 0 Å². The van der Waals surface area contributed by atoms with Crippen molar-refractivity contribution in [3.8, 4) is 11.5 Å². The number of hydrogen-bond acceptors (Lipinski definition) is 18. The molecule has 3 aromatic rings. The van der Waals surface area contributed by atoms with Gasteiger partial charge in [0.2, 0.25) is 47.3 Å². The second-order valence-electron chi connectivity index (χ2n) is 25.9. The number of hydrogen-bond donors (Lipinski definition) is 5. The highest BCUT2D eigenvalue weighted by molar-refractivity contribution is 6.15. The van der Waals surface area contributed by atoms with Crippen LogP contribution in [0.15, 0.2) is 22.9 Å². The van der Waals surface area contributed by atoms with Crippen molar-refractivity contribution < 1.29 is 76.2 Å². The molecule has 10 atom stereocenters. The number of cyclic esters (lactones) is 2. The number of amides is 10. The van der Waals surface area contributed by atoms with Gasteiger partial charge in [-0.15, -0.1) is 0 Å². The fourth-order valence-electron chi connectivity index (χ4n) is 12.7. The average molecular weight is 1270 g/mol. The molecule has 4 saturated heterocycles. The van der Waals surface area contributed by atoms with Gasteiger partial charge in [0, 0.05) is 46.8 Å². The van der Waals surface area contributed by atoms with Crippen LogP contribution in [0.4, 0.5) is 11.4 Å². The zero-order valence-corrected chi connectivity index (χ0v) is 54.6. The second kappa shape index (κ2) is 27.3. The smallest absolute Gasteiger partial charge is 0.329 e. The molecule has 28 heteroatoms. The van der Waals surface area contributed by atoms with Crippen molar-refractivity contribution in [2.75, 3.05) is 59.7 Å². The number of aryl methyl sites for hydroxylation is 2. The first-order valence-electron chi connectivity index (χ1n) is 31.0. The first-order valence-corrected chi connectivity index (χ1v) is 31.0. The first-order chi connectivity index (χ1) is 42.8. The maximum Gasteiger partial charge on any atom is 0.329 e. The predicted molar refractivity (Wildman–Crippen MR) is 328 cm³/mol. The Labute approximate surface area is 528 Å². The van der Waals surface area contributed by atoms with Gasteiger partial charge >= 0.3 is 11.9 Å². The maximum absolute atomic E-state index is 15.5. The number of nitrogens with one attached hydrogen (secondary N) is 5.